The SMILES string of the molecule is CC/C=C\C/C=C\C/C=C\C/C=C\C/C=C\C/C=C\C/C=C\C/C=C\C/C=C\CCCCCCCCCCCC(=O)OC(COC(=O)CCCCCCCCCCCCCCCCCCC/C=C\CCCCCCCCCC)COC(OCC[N+](C)(C)C)C(=O)[O-]. The van der Waals surface area contributed by atoms with Crippen LogP contribution in [-0.4, -0.2) is 82.3 Å². The summed E-state index contributed by atoms with van der Waals surface area (Å²) in [6, 6.07) is 0. The summed E-state index contributed by atoms with van der Waals surface area (Å²) in [5.41, 5.74) is 0. The molecule has 0 aliphatic rings. The minimum absolute atomic E-state index is 0.142. The van der Waals surface area contributed by atoms with Crippen molar-refractivity contribution in [1.82, 2.24) is 0 Å². The second kappa shape index (κ2) is 71.5. The van der Waals surface area contributed by atoms with Gasteiger partial charge in [0.2, 0.25) is 0 Å². The van der Waals surface area contributed by atoms with E-state index in [1.807, 2.05) is 21.1 Å². The van der Waals surface area contributed by atoms with Crippen molar-refractivity contribution in [2.75, 3.05) is 47.5 Å². The number of likely N-dealkylation sites (N-methyl/N-ethyl adjacent to an activating group) is 1. The van der Waals surface area contributed by atoms with Crippen LogP contribution in [0.25, 0.3) is 0 Å². The number of hydrogen-bond acceptors (Lipinski definition) is 8. The first-order valence-electron chi connectivity index (χ1n) is 37.7. The zero-order valence-electron chi connectivity index (χ0n) is 59.7. The number of unbranched alkanes of at least 4 members (excludes halogenated alkanes) is 34. The van der Waals surface area contributed by atoms with Crippen LogP contribution in [0.2, 0.25) is 0 Å². The average molecular weight is 1270 g/mol. The first kappa shape index (κ1) is 86.7. The fourth-order valence-electron chi connectivity index (χ4n) is 10.5. The van der Waals surface area contributed by atoms with Gasteiger partial charge in [0.05, 0.1) is 40.3 Å². The molecular weight excluding hydrogens is 1130 g/mol. The smallest absolute Gasteiger partial charge is 0.306 e. The third-order valence-electron chi connectivity index (χ3n) is 16.2. The van der Waals surface area contributed by atoms with E-state index in [0.717, 1.165) is 103 Å². The third kappa shape index (κ3) is 73.0. The fraction of sp³-hybridized carbons (Fsp3) is 0.720. The molecule has 2 atom stereocenters. The molecule has 0 bridgehead atoms. The first-order valence-corrected chi connectivity index (χ1v) is 37.7. The standard InChI is InChI=1S/C82H141NO8/c1-6-8-10-12-14-16-18-20-22-24-26-28-30-32-34-36-37-38-39-40-41-42-43-45-47-49-51-53-55-57-59-61-63-65-67-69-71-73-80(85)91-78(77-90-82(81(86)87)88-75-74-83(3,4)5)76-89-79(84)72-70-68-66-64-62-60-58-56-54-52-50-48-46-44-35-33-31-29-27-25-23-21-19-17-15-13-11-9-7-2/h8,10,14,16,20,22,25-28,32,34,37-38,40-41,43,45,49,51,78,82H,6-7,9,11-13,15,17-19,21,23-24,29-31,33,35-36,39,42,44,46-48,50,52-77H2,1-5H3/b10-8-,16-14-,22-20-,27-25-,28-26-,34-32-,38-37-,41-40-,45-43-,51-49-. The van der Waals surface area contributed by atoms with Crippen molar-refractivity contribution in [2.45, 2.75) is 334 Å². The molecule has 0 spiro atoms. The topological polar surface area (TPSA) is 111 Å². The number of carboxylic acid groups (broad SMARTS) is 1. The number of carboxylic acids is 1. The van der Waals surface area contributed by atoms with Crippen LogP contribution in [-0.2, 0) is 33.3 Å². The van der Waals surface area contributed by atoms with Crippen LogP contribution in [0, 0.1) is 0 Å². The highest BCUT2D eigenvalue weighted by Gasteiger charge is 2.22. The lowest BCUT2D eigenvalue weighted by molar-refractivity contribution is -0.870. The Morgan fingerprint density at radius 2 is 0.626 bits per heavy atom. The average Bonchev–Trinajstić information content (AvgIpc) is 3.50. The molecule has 0 aliphatic carbocycles. The van der Waals surface area contributed by atoms with Crippen LogP contribution >= 0.6 is 0 Å². The van der Waals surface area contributed by atoms with E-state index in [-0.39, 0.29) is 38.6 Å². The fourth-order valence-corrected chi connectivity index (χ4v) is 10.5. The molecule has 2 unspecified atom stereocenters. The molecule has 0 saturated heterocycles. The molecule has 0 amide bonds. The lowest BCUT2D eigenvalue weighted by Crippen LogP contribution is -2.44. The van der Waals surface area contributed by atoms with Gasteiger partial charge in [0.1, 0.15) is 13.2 Å². The van der Waals surface area contributed by atoms with Crippen molar-refractivity contribution in [1.29, 1.82) is 0 Å². The summed E-state index contributed by atoms with van der Waals surface area (Å²) in [7, 11) is 5.93. The second-order valence-electron chi connectivity index (χ2n) is 26.2. The van der Waals surface area contributed by atoms with Gasteiger partial charge in [0.25, 0.3) is 0 Å². The van der Waals surface area contributed by atoms with Gasteiger partial charge < -0.3 is 33.3 Å². The summed E-state index contributed by atoms with van der Waals surface area (Å²) in [6.07, 6.45) is 98.6. The van der Waals surface area contributed by atoms with Gasteiger partial charge in [-0.05, 0) is 109 Å². The number of carbonyl (C=O) groups is 3. The van der Waals surface area contributed by atoms with Crippen LogP contribution in [0.1, 0.15) is 322 Å². The van der Waals surface area contributed by atoms with E-state index in [2.05, 4.69) is 135 Å². The number of nitrogens with zero attached hydrogens (tertiary/aromatic N) is 1. The molecule has 522 valence electrons. The van der Waals surface area contributed by atoms with Crippen LogP contribution in [0.5, 0.6) is 0 Å². The van der Waals surface area contributed by atoms with Gasteiger partial charge in [0, 0.05) is 12.8 Å². The Morgan fingerprint density at radius 1 is 0.341 bits per heavy atom. The number of ether oxygens (including phenoxy) is 4. The highest BCUT2D eigenvalue weighted by Crippen LogP contribution is 2.18. The lowest BCUT2D eigenvalue weighted by atomic mass is 10.0. The van der Waals surface area contributed by atoms with Gasteiger partial charge in [-0.1, -0.05) is 322 Å². The number of quaternary nitrogens is 1. The molecule has 0 aromatic heterocycles. The van der Waals surface area contributed by atoms with Crippen molar-refractivity contribution >= 4 is 17.9 Å². The molecule has 0 N–H and O–H groups in total. The molecular formula is C82H141NO8. The van der Waals surface area contributed by atoms with Crippen molar-refractivity contribution in [3.05, 3.63) is 122 Å². The highest BCUT2D eigenvalue weighted by atomic mass is 16.7. The zero-order valence-corrected chi connectivity index (χ0v) is 59.7. The molecule has 91 heavy (non-hydrogen) atoms. The maximum atomic E-state index is 13.0. The summed E-state index contributed by atoms with van der Waals surface area (Å²) in [5, 5.41) is 11.8. The Kier molecular flexibility index (Phi) is 68.1. The van der Waals surface area contributed by atoms with Gasteiger partial charge in [-0.2, -0.15) is 0 Å². The zero-order chi connectivity index (χ0) is 66.1. The van der Waals surface area contributed by atoms with E-state index in [4.69, 9.17) is 18.9 Å². The van der Waals surface area contributed by atoms with Crippen molar-refractivity contribution in [2.24, 2.45) is 0 Å². The number of allylic oxidation sites excluding steroid dienone is 20. The first-order chi connectivity index (χ1) is 44.6. The monoisotopic (exact) mass is 1270 g/mol. The molecule has 0 rings (SSSR count). The predicted molar refractivity (Wildman–Crippen MR) is 389 cm³/mol. The van der Waals surface area contributed by atoms with Crippen LogP contribution in [0.4, 0.5) is 0 Å². The van der Waals surface area contributed by atoms with Gasteiger partial charge in [-0.25, -0.2) is 0 Å². The summed E-state index contributed by atoms with van der Waals surface area (Å²) in [5.74, 6) is -2.29. The van der Waals surface area contributed by atoms with E-state index < -0.39 is 24.3 Å². The van der Waals surface area contributed by atoms with Crippen molar-refractivity contribution < 1.29 is 42.9 Å². The maximum absolute atomic E-state index is 13.0. The number of hydrogen-bond donors (Lipinski definition) is 0. The van der Waals surface area contributed by atoms with Gasteiger partial charge in [-0.15, -0.1) is 0 Å². The van der Waals surface area contributed by atoms with E-state index in [1.54, 1.807) is 0 Å². The molecule has 0 aliphatic heterocycles. The molecule has 0 heterocycles. The summed E-state index contributed by atoms with van der Waals surface area (Å²) in [6.45, 7) is 4.65. The van der Waals surface area contributed by atoms with Gasteiger partial charge >= 0.3 is 11.9 Å². The van der Waals surface area contributed by atoms with Crippen molar-refractivity contribution in [3.63, 3.8) is 0 Å². The largest absolute Gasteiger partial charge is 0.545 e. The minimum atomic E-state index is -1.63. The van der Waals surface area contributed by atoms with E-state index >= 15 is 0 Å². The third-order valence-corrected chi connectivity index (χ3v) is 16.2. The van der Waals surface area contributed by atoms with E-state index in [0.29, 0.717) is 17.4 Å². The number of aliphatic carboxylic acids is 1. The van der Waals surface area contributed by atoms with Crippen molar-refractivity contribution in [3.8, 4) is 0 Å². The van der Waals surface area contributed by atoms with Crippen LogP contribution < -0.4 is 5.11 Å². The number of esters is 2. The molecule has 9 heteroatoms. The lowest BCUT2D eigenvalue weighted by Gasteiger charge is -2.26. The number of rotatable bonds is 69. The molecule has 0 radical (unpaired) electrons. The molecule has 0 aromatic rings. The van der Waals surface area contributed by atoms with Crippen LogP contribution in [0.15, 0.2) is 122 Å². The maximum Gasteiger partial charge on any atom is 0.306 e. The van der Waals surface area contributed by atoms with E-state index in [1.165, 1.54) is 186 Å². The summed E-state index contributed by atoms with van der Waals surface area (Å²) < 4.78 is 22.8. The Labute approximate surface area is 561 Å². The van der Waals surface area contributed by atoms with Gasteiger partial charge in [0.15, 0.2) is 12.4 Å². The second-order valence-corrected chi connectivity index (χ2v) is 26.2. The normalized spacial score (nSPS) is 13.4. The number of carbonyl (C=O) groups excluding carboxylic acids is 3. The Morgan fingerprint density at radius 3 is 0.945 bits per heavy atom. The van der Waals surface area contributed by atoms with Gasteiger partial charge in [-0.3, -0.25) is 9.59 Å². The molecule has 0 saturated carbocycles. The summed E-state index contributed by atoms with van der Waals surface area (Å²) >= 11 is 0. The highest BCUT2D eigenvalue weighted by molar-refractivity contribution is 5.70. The molecule has 0 aromatic carbocycles. The minimum Gasteiger partial charge on any atom is -0.545 e. The Bertz CT molecular complexity index is 1910. The molecule has 0 fully saturated rings. The predicted octanol–water partition coefficient (Wildman–Crippen LogP) is 22.6. The summed E-state index contributed by atoms with van der Waals surface area (Å²) in [4.78, 5) is 37.6. The quantitative estimate of drug-likeness (QED) is 0.0195. The molecule has 9 nitrogen and oxygen atoms in total. The van der Waals surface area contributed by atoms with Crippen LogP contribution in [0.3, 0.4) is 0 Å². The Balaban J connectivity index is 4.12. The van der Waals surface area contributed by atoms with E-state index in [9.17, 15) is 19.5 Å². The Hall–Kier alpha value is -4.31.